The smallest absolute Gasteiger partial charge is 0.255 e. The molecule has 0 saturated carbocycles. The van der Waals surface area contributed by atoms with Crippen molar-refractivity contribution in [3.05, 3.63) is 24.3 Å². The van der Waals surface area contributed by atoms with Gasteiger partial charge in [0.2, 0.25) is 0 Å². The van der Waals surface area contributed by atoms with Crippen molar-refractivity contribution < 1.29 is 9.53 Å². The summed E-state index contributed by atoms with van der Waals surface area (Å²) >= 11 is 1.65. The molecule has 0 saturated heterocycles. The van der Waals surface area contributed by atoms with Gasteiger partial charge >= 0.3 is 0 Å². The van der Waals surface area contributed by atoms with E-state index in [2.05, 4.69) is 0 Å². The molecule has 1 aromatic rings. The highest BCUT2D eigenvalue weighted by Crippen LogP contribution is 2.18. The van der Waals surface area contributed by atoms with Crippen LogP contribution in [0.5, 0.6) is 5.75 Å². The first kappa shape index (κ1) is 9.92. The maximum Gasteiger partial charge on any atom is 0.255 e. The predicted molar refractivity (Wildman–Crippen MR) is 52.9 cm³/mol. The topological polar surface area (TPSA) is 52.3 Å². The molecule has 0 atom stereocenters. The van der Waals surface area contributed by atoms with Crippen LogP contribution in [0.3, 0.4) is 0 Å². The molecule has 0 radical (unpaired) electrons. The van der Waals surface area contributed by atoms with Crippen molar-refractivity contribution in [3.63, 3.8) is 0 Å². The molecule has 3 nitrogen and oxygen atoms in total. The second-order valence-corrected chi connectivity index (χ2v) is 3.31. The molecule has 0 heterocycles. The summed E-state index contributed by atoms with van der Waals surface area (Å²) in [4.78, 5) is 11.5. The molecule has 1 aromatic carbocycles. The largest absolute Gasteiger partial charge is 0.484 e. The second kappa shape index (κ2) is 4.77. The number of nitrogens with two attached hydrogens (primary N) is 1. The van der Waals surface area contributed by atoms with E-state index in [1.54, 1.807) is 11.8 Å². The van der Waals surface area contributed by atoms with Crippen LogP contribution in [0.25, 0.3) is 0 Å². The van der Waals surface area contributed by atoms with Gasteiger partial charge in [-0.3, -0.25) is 4.79 Å². The first-order valence-corrected chi connectivity index (χ1v) is 5.00. The van der Waals surface area contributed by atoms with E-state index >= 15 is 0 Å². The van der Waals surface area contributed by atoms with Crippen molar-refractivity contribution >= 4 is 17.7 Å². The van der Waals surface area contributed by atoms with E-state index in [-0.39, 0.29) is 6.61 Å². The number of carbonyl (C=O) groups excluding carboxylic acids is 1. The molecular weight excluding hydrogens is 186 g/mol. The number of thioether (sulfide) groups is 1. The van der Waals surface area contributed by atoms with Crippen molar-refractivity contribution in [1.29, 1.82) is 0 Å². The summed E-state index contributed by atoms with van der Waals surface area (Å²) in [5, 5.41) is 0. The van der Waals surface area contributed by atoms with E-state index in [0.29, 0.717) is 5.75 Å². The summed E-state index contributed by atoms with van der Waals surface area (Å²) in [6.07, 6.45) is 2.00. The van der Waals surface area contributed by atoms with Crippen molar-refractivity contribution in [1.82, 2.24) is 0 Å². The first-order valence-electron chi connectivity index (χ1n) is 3.77. The molecule has 0 aliphatic rings. The fourth-order valence-electron chi connectivity index (χ4n) is 0.826. The summed E-state index contributed by atoms with van der Waals surface area (Å²) in [5.41, 5.74) is 4.93. The molecule has 0 spiro atoms. The molecule has 0 bridgehead atoms. The molecule has 0 fully saturated rings. The fraction of sp³-hybridized carbons (Fsp3) is 0.222. The van der Waals surface area contributed by atoms with Gasteiger partial charge in [0.05, 0.1) is 0 Å². The Morgan fingerprint density at radius 3 is 2.54 bits per heavy atom. The molecule has 13 heavy (non-hydrogen) atoms. The van der Waals surface area contributed by atoms with Crippen LogP contribution in [0.4, 0.5) is 0 Å². The monoisotopic (exact) mass is 197 g/mol. The molecule has 2 N–H and O–H groups in total. The number of carbonyl (C=O) groups is 1. The highest BCUT2D eigenvalue weighted by atomic mass is 32.2. The van der Waals surface area contributed by atoms with Gasteiger partial charge in [-0.1, -0.05) is 0 Å². The molecule has 1 rings (SSSR count). The van der Waals surface area contributed by atoms with Gasteiger partial charge in [0.15, 0.2) is 6.61 Å². The lowest BCUT2D eigenvalue weighted by Crippen LogP contribution is -2.19. The lowest BCUT2D eigenvalue weighted by Gasteiger charge is -2.03. The summed E-state index contributed by atoms with van der Waals surface area (Å²) in [6, 6.07) is 7.49. The summed E-state index contributed by atoms with van der Waals surface area (Å²) in [5.74, 6) is 0.200. The van der Waals surface area contributed by atoms with Gasteiger partial charge in [-0.15, -0.1) is 11.8 Å². The highest BCUT2D eigenvalue weighted by Gasteiger charge is 1.96. The number of rotatable bonds is 4. The molecule has 0 aliphatic heterocycles. The van der Waals surface area contributed by atoms with Crippen molar-refractivity contribution in [2.24, 2.45) is 5.73 Å². The van der Waals surface area contributed by atoms with Gasteiger partial charge in [-0.2, -0.15) is 0 Å². The Labute approximate surface area is 81.3 Å². The minimum atomic E-state index is -0.464. The third-order valence-corrected chi connectivity index (χ3v) is 2.18. The molecule has 0 aromatic heterocycles. The van der Waals surface area contributed by atoms with E-state index < -0.39 is 5.91 Å². The third-order valence-electron chi connectivity index (χ3n) is 1.44. The molecule has 1 amide bonds. The Hall–Kier alpha value is -1.16. The fourth-order valence-corrected chi connectivity index (χ4v) is 1.23. The number of hydrogen-bond donors (Lipinski definition) is 1. The zero-order valence-electron chi connectivity index (χ0n) is 7.32. The zero-order valence-corrected chi connectivity index (χ0v) is 8.14. The minimum absolute atomic E-state index is 0.0708. The second-order valence-electron chi connectivity index (χ2n) is 2.43. The Balaban J connectivity index is 2.54. The van der Waals surface area contributed by atoms with Crippen LogP contribution in [-0.4, -0.2) is 18.8 Å². The van der Waals surface area contributed by atoms with Gasteiger partial charge in [0.25, 0.3) is 5.91 Å². The SMILES string of the molecule is CSc1ccc(OCC(N)=O)cc1. The average Bonchev–Trinajstić information content (AvgIpc) is 2.15. The average molecular weight is 197 g/mol. The van der Waals surface area contributed by atoms with Crippen molar-refractivity contribution in [2.45, 2.75) is 4.90 Å². The quantitative estimate of drug-likeness (QED) is 0.739. The Morgan fingerprint density at radius 2 is 2.08 bits per heavy atom. The van der Waals surface area contributed by atoms with E-state index in [1.165, 1.54) is 0 Å². The van der Waals surface area contributed by atoms with Crippen LogP contribution in [0.15, 0.2) is 29.2 Å². The highest BCUT2D eigenvalue weighted by molar-refractivity contribution is 7.98. The molecule has 0 unspecified atom stereocenters. The lowest BCUT2D eigenvalue weighted by molar-refractivity contribution is -0.119. The number of amides is 1. The third kappa shape index (κ3) is 3.38. The Morgan fingerprint density at radius 1 is 1.46 bits per heavy atom. The van der Waals surface area contributed by atoms with Crippen molar-refractivity contribution in [2.75, 3.05) is 12.9 Å². The molecule has 4 heteroatoms. The van der Waals surface area contributed by atoms with E-state index in [9.17, 15) is 4.79 Å². The van der Waals surface area contributed by atoms with Crippen LogP contribution in [0.1, 0.15) is 0 Å². The summed E-state index contributed by atoms with van der Waals surface area (Å²) in [7, 11) is 0. The Bertz CT molecular complexity index is 284. The normalized spacial score (nSPS) is 9.62. The summed E-state index contributed by atoms with van der Waals surface area (Å²) in [6.45, 7) is -0.0708. The van der Waals surface area contributed by atoms with E-state index in [4.69, 9.17) is 10.5 Å². The zero-order chi connectivity index (χ0) is 9.68. The van der Waals surface area contributed by atoms with Crippen LogP contribution in [-0.2, 0) is 4.79 Å². The van der Waals surface area contributed by atoms with Crippen LogP contribution in [0, 0.1) is 0 Å². The lowest BCUT2D eigenvalue weighted by atomic mass is 10.3. The number of hydrogen-bond acceptors (Lipinski definition) is 3. The van der Waals surface area contributed by atoms with Gasteiger partial charge in [0, 0.05) is 4.90 Å². The predicted octanol–water partition coefficient (Wildman–Crippen LogP) is 1.27. The van der Waals surface area contributed by atoms with Crippen LogP contribution in [0.2, 0.25) is 0 Å². The van der Waals surface area contributed by atoms with Crippen LogP contribution < -0.4 is 10.5 Å². The number of primary amides is 1. The van der Waals surface area contributed by atoms with Crippen LogP contribution >= 0.6 is 11.8 Å². The maximum atomic E-state index is 10.4. The summed E-state index contributed by atoms with van der Waals surface area (Å²) < 4.78 is 5.08. The minimum Gasteiger partial charge on any atom is -0.484 e. The van der Waals surface area contributed by atoms with Crippen molar-refractivity contribution in [3.8, 4) is 5.75 Å². The van der Waals surface area contributed by atoms with E-state index in [1.807, 2.05) is 30.5 Å². The molecule has 0 aliphatic carbocycles. The maximum absolute atomic E-state index is 10.4. The van der Waals surface area contributed by atoms with Gasteiger partial charge < -0.3 is 10.5 Å². The van der Waals surface area contributed by atoms with Gasteiger partial charge in [0.1, 0.15) is 5.75 Å². The number of benzene rings is 1. The Kier molecular flexibility index (Phi) is 3.64. The molecular formula is C9H11NO2S. The molecule has 70 valence electrons. The van der Waals surface area contributed by atoms with Gasteiger partial charge in [-0.05, 0) is 30.5 Å². The number of ether oxygens (including phenoxy) is 1. The standard InChI is InChI=1S/C9H11NO2S/c1-13-8-4-2-7(3-5-8)12-6-9(10)11/h2-5H,6H2,1H3,(H2,10,11). The van der Waals surface area contributed by atoms with E-state index in [0.717, 1.165) is 4.90 Å². The first-order chi connectivity index (χ1) is 6.22. The van der Waals surface area contributed by atoms with Gasteiger partial charge in [-0.25, -0.2) is 0 Å².